The molecule has 0 aromatic heterocycles. The fraction of sp³-hybridized carbons (Fsp3) is 0.250. The largest absolute Gasteiger partial charge is 0.361 e. The van der Waals surface area contributed by atoms with E-state index in [2.05, 4.69) is 70.8 Å². The van der Waals surface area contributed by atoms with E-state index in [1.807, 2.05) is 18.3 Å². The Morgan fingerprint density at radius 3 is 2.56 bits per heavy atom. The van der Waals surface area contributed by atoms with Crippen molar-refractivity contribution in [3.63, 3.8) is 0 Å². The van der Waals surface area contributed by atoms with Crippen molar-refractivity contribution in [2.45, 2.75) is 32.4 Å². The molecule has 0 bridgehead atoms. The average molecular weight is 426 g/mol. The van der Waals surface area contributed by atoms with Crippen LogP contribution in [-0.2, 0) is 6.54 Å². The van der Waals surface area contributed by atoms with E-state index in [4.69, 9.17) is 0 Å². The van der Waals surface area contributed by atoms with Crippen molar-refractivity contribution in [3.05, 3.63) is 95.4 Å². The van der Waals surface area contributed by atoms with Crippen molar-refractivity contribution < 1.29 is 4.39 Å². The maximum Gasteiger partial charge on any atom is 0.123 e. The number of fused-ring (bicyclic) bond motifs is 1. The molecule has 162 valence electrons. The summed E-state index contributed by atoms with van der Waals surface area (Å²) in [6.45, 7) is 5.18. The van der Waals surface area contributed by atoms with Crippen LogP contribution in [0, 0.1) is 5.82 Å². The summed E-state index contributed by atoms with van der Waals surface area (Å²) in [6, 6.07) is 22.4. The summed E-state index contributed by atoms with van der Waals surface area (Å²) < 4.78 is 13.3. The third-order valence-electron chi connectivity index (χ3n) is 6.51. The van der Waals surface area contributed by atoms with Crippen LogP contribution >= 0.6 is 0 Å². The number of nitrogens with zero attached hydrogens (tertiary/aromatic N) is 2. The molecule has 0 amide bonds. The lowest BCUT2D eigenvalue weighted by Gasteiger charge is -2.21. The zero-order chi connectivity index (χ0) is 21.9. The molecule has 1 atom stereocenters. The Kier molecular flexibility index (Phi) is 5.87. The molecule has 32 heavy (non-hydrogen) atoms. The molecule has 0 saturated carbocycles. The number of hydrogen-bond donors (Lipinski definition) is 1. The molecule has 1 saturated heterocycles. The molecule has 0 radical (unpaired) electrons. The quantitative estimate of drug-likeness (QED) is 0.515. The maximum absolute atomic E-state index is 13.3. The first-order valence-corrected chi connectivity index (χ1v) is 11.3. The zero-order valence-corrected chi connectivity index (χ0v) is 18.4. The number of halogens is 1. The van der Waals surface area contributed by atoms with Crippen LogP contribution in [0.15, 0.2) is 77.9 Å². The molecule has 2 heterocycles. The highest BCUT2D eigenvalue weighted by Crippen LogP contribution is 2.29. The molecule has 4 heteroatoms. The van der Waals surface area contributed by atoms with Crippen molar-refractivity contribution in [2.24, 2.45) is 4.99 Å². The smallest absolute Gasteiger partial charge is 0.123 e. The summed E-state index contributed by atoms with van der Waals surface area (Å²) in [7, 11) is 0. The van der Waals surface area contributed by atoms with Crippen LogP contribution in [-0.4, -0.2) is 30.2 Å². The molecule has 2 aliphatic rings. The van der Waals surface area contributed by atoms with Crippen LogP contribution in [0.3, 0.4) is 0 Å². The van der Waals surface area contributed by atoms with E-state index in [-0.39, 0.29) is 5.82 Å². The van der Waals surface area contributed by atoms with Crippen molar-refractivity contribution in [1.29, 1.82) is 0 Å². The second-order valence-electron chi connectivity index (χ2n) is 8.75. The number of rotatable bonds is 5. The summed E-state index contributed by atoms with van der Waals surface area (Å²) >= 11 is 0. The number of nitrogens with one attached hydrogen (secondary N) is 1. The Labute approximate surface area is 189 Å². The van der Waals surface area contributed by atoms with Gasteiger partial charge >= 0.3 is 0 Å². The Hall–Kier alpha value is -3.24. The Morgan fingerprint density at radius 2 is 1.81 bits per heavy atom. The Bertz CT molecular complexity index is 1150. The fourth-order valence-electron chi connectivity index (χ4n) is 4.56. The van der Waals surface area contributed by atoms with Crippen LogP contribution in [0.25, 0.3) is 16.7 Å². The molecule has 3 nitrogen and oxygen atoms in total. The first-order chi connectivity index (χ1) is 15.7. The van der Waals surface area contributed by atoms with Gasteiger partial charge in [0.2, 0.25) is 0 Å². The van der Waals surface area contributed by atoms with Gasteiger partial charge in [-0.2, -0.15) is 0 Å². The van der Waals surface area contributed by atoms with Crippen LogP contribution in [0.2, 0.25) is 0 Å². The SMILES string of the molecule is CC1CCCN1Cc1ccc(N/C=C2\CN=Cc3ccc(-c4ccc(F)cc4)cc32)cc1. The highest BCUT2D eigenvalue weighted by atomic mass is 19.1. The molecule has 1 N–H and O–H groups in total. The zero-order valence-electron chi connectivity index (χ0n) is 18.4. The second kappa shape index (κ2) is 9.09. The molecule has 1 fully saturated rings. The molecule has 2 aliphatic heterocycles. The minimum atomic E-state index is -0.218. The lowest BCUT2D eigenvalue weighted by molar-refractivity contribution is 0.260. The van der Waals surface area contributed by atoms with Gasteiger partial charge < -0.3 is 5.32 Å². The number of benzene rings is 3. The minimum Gasteiger partial charge on any atom is -0.361 e. The first kappa shape index (κ1) is 20.7. The van der Waals surface area contributed by atoms with Crippen LogP contribution in [0.5, 0.6) is 0 Å². The van der Waals surface area contributed by atoms with Gasteiger partial charge in [0.05, 0.1) is 6.54 Å². The van der Waals surface area contributed by atoms with Gasteiger partial charge in [0.1, 0.15) is 5.82 Å². The van der Waals surface area contributed by atoms with Gasteiger partial charge in [0.25, 0.3) is 0 Å². The van der Waals surface area contributed by atoms with Crippen LogP contribution < -0.4 is 5.32 Å². The summed E-state index contributed by atoms with van der Waals surface area (Å²) in [5.74, 6) is -0.218. The number of likely N-dealkylation sites (tertiary alicyclic amines) is 1. The van der Waals surface area contributed by atoms with E-state index < -0.39 is 0 Å². The van der Waals surface area contributed by atoms with Crippen molar-refractivity contribution in [2.75, 3.05) is 18.4 Å². The molecule has 5 rings (SSSR count). The molecule has 3 aromatic carbocycles. The topological polar surface area (TPSA) is 27.6 Å². The van der Waals surface area contributed by atoms with E-state index in [0.717, 1.165) is 40.1 Å². The van der Waals surface area contributed by atoms with Gasteiger partial charge in [-0.15, -0.1) is 0 Å². The number of anilines is 1. The third kappa shape index (κ3) is 4.51. The van der Waals surface area contributed by atoms with Crippen LogP contribution in [0.4, 0.5) is 10.1 Å². The predicted octanol–water partition coefficient (Wildman–Crippen LogP) is 6.36. The summed E-state index contributed by atoms with van der Waals surface area (Å²) in [5.41, 5.74) is 7.91. The molecule has 3 aromatic rings. The monoisotopic (exact) mass is 425 g/mol. The van der Waals surface area contributed by atoms with Crippen molar-refractivity contribution in [1.82, 2.24) is 4.90 Å². The van der Waals surface area contributed by atoms with Gasteiger partial charge in [-0.25, -0.2) is 4.39 Å². The van der Waals surface area contributed by atoms with Gasteiger partial charge in [0, 0.05) is 30.7 Å². The van der Waals surface area contributed by atoms with Crippen molar-refractivity contribution >= 4 is 17.5 Å². The summed E-state index contributed by atoms with van der Waals surface area (Å²) in [4.78, 5) is 7.07. The van der Waals surface area contributed by atoms with E-state index in [1.54, 1.807) is 0 Å². The lowest BCUT2D eigenvalue weighted by Crippen LogP contribution is -2.26. The standard InChI is InChI=1S/C28H28FN3/c1-20-3-2-14-32(20)19-21-4-12-27(13-5-21)31-18-25-17-30-16-24-7-6-23(15-28(24)25)22-8-10-26(29)11-9-22/h4-13,15-16,18,20,31H,2-3,14,17,19H2,1H3/b25-18+. The molecular formula is C28H28FN3. The summed E-state index contributed by atoms with van der Waals surface area (Å²) in [6.07, 6.45) is 6.60. The Balaban J connectivity index is 1.32. The van der Waals surface area contributed by atoms with Gasteiger partial charge in [0.15, 0.2) is 0 Å². The highest BCUT2D eigenvalue weighted by Gasteiger charge is 2.19. The molecule has 1 unspecified atom stereocenters. The normalized spacial score (nSPS) is 19.3. The van der Waals surface area contributed by atoms with E-state index in [0.29, 0.717) is 12.6 Å². The lowest BCUT2D eigenvalue weighted by atomic mass is 9.94. The van der Waals surface area contributed by atoms with Crippen molar-refractivity contribution in [3.8, 4) is 11.1 Å². The van der Waals surface area contributed by atoms with E-state index in [1.165, 1.54) is 37.1 Å². The molecule has 0 aliphatic carbocycles. The average Bonchev–Trinajstić information content (AvgIpc) is 3.23. The maximum atomic E-state index is 13.3. The Morgan fingerprint density at radius 1 is 1.03 bits per heavy atom. The van der Waals surface area contributed by atoms with E-state index in [9.17, 15) is 4.39 Å². The van der Waals surface area contributed by atoms with Gasteiger partial charge in [-0.3, -0.25) is 9.89 Å². The van der Waals surface area contributed by atoms with Gasteiger partial charge in [-0.05, 0) is 90.0 Å². The van der Waals surface area contributed by atoms with Gasteiger partial charge in [-0.1, -0.05) is 36.4 Å². The third-order valence-corrected chi connectivity index (χ3v) is 6.51. The minimum absolute atomic E-state index is 0.218. The number of hydrogen-bond acceptors (Lipinski definition) is 3. The molecule has 0 spiro atoms. The van der Waals surface area contributed by atoms with Crippen LogP contribution in [0.1, 0.15) is 36.5 Å². The second-order valence-corrected chi connectivity index (χ2v) is 8.75. The summed E-state index contributed by atoms with van der Waals surface area (Å²) in [5, 5.41) is 3.45. The fourth-order valence-corrected chi connectivity index (χ4v) is 4.56. The predicted molar refractivity (Wildman–Crippen MR) is 131 cm³/mol. The van der Waals surface area contributed by atoms with E-state index >= 15 is 0 Å². The highest BCUT2D eigenvalue weighted by molar-refractivity contribution is 5.94. The molecular weight excluding hydrogens is 397 g/mol. The number of aliphatic imine (C=N–C) groups is 1. The first-order valence-electron chi connectivity index (χ1n) is 11.3.